The molecule has 122 valence electrons. The van der Waals surface area contributed by atoms with Crippen molar-refractivity contribution < 1.29 is 9.47 Å². The van der Waals surface area contributed by atoms with Crippen LogP contribution < -0.4 is 14.8 Å². The lowest BCUT2D eigenvalue weighted by Crippen LogP contribution is -2.14. The number of aryl methyl sites for hydroxylation is 1. The molecule has 0 amide bonds. The number of hydrogen-bond donors (Lipinski definition) is 1. The molecule has 0 bridgehead atoms. The molecular formula is C18H21BrN2O2. The third-order valence-electron chi connectivity index (χ3n) is 3.22. The molecule has 0 aliphatic carbocycles. The van der Waals surface area contributed by atoms with Crippen LogP contribution in [0.2, 0.25) is 0 Å². The normalized spacial score (nSPS) is 10.4. The highest BCUT2D eigenvalue weighted by molar-refractivity contribution is 9.10. The Kier molecular flexibility index (Phi) is 6.62. The van der Waals surface area contributed by atoms with Crippen LogP contribution in [0.5, 0.6) is 11.5 Å². The lowest BCUT2D eigenvalue weighted by Gasteiger charge is -2.14. The second-order valence-corrected chi connectivity index (χ2v) is 5.94. The van der Waals surface area contributed by atoms with Crippen molar-refractivity contribution in [2.75, 3.05) is 13.7 Å². The highest BCUT2D eigenvalue weighted by Crippen LogP contribution is 2.36. The quantitative estimate of drug-likeness (QED) is 0.706. The maximum absolute atomic E-state index is 5.63. The molecule has 1 aromatic carbocycles. The Hall–Kier alpha value is -1.85. The molecule has 2 aromatic rings. The van der Waals surface area contributed by atoms with E-state index in [1.54, 1.807) is 13.2 Å². The molecule has 1 aromatic heterocycles. The van der Waals surface area contributed by atoms with Crippen LogP contribution in [0.25, 0.3) is 0 Å². The lowest BCUT2D eigenvalue weighted by atomic mass is 10.2. The highest BCUT2D eigenvalue weighted by Gasteiger charge is 2.11. The number of nitrogens with zero attached hydrogens (tertiary/aromatic N) is 1. The van der Waals surface area contributed by atoms with E-state index in [4.69, 9.17) is 9.47 Å². The van der Waals surface area contributed by atoms with E-state index >= 15 is 0 Å². The maximum Gasteiger partial charge on any atom is 0.175 e. The summed E-state index contributed by atoms with van der Waals surface area (Å²) in [6.07, 6.45) is 1.70. The standard InChI is InChI=1S/C18H21BrN2O2/c1-4-8-23-18-16(19)9-14(10-17(18)22-3)11-20-12-15-7-5-6-13(2)21-15/h4-7,9-10,20H,1,8,11-12H2,2-3H3. The molecule has 0 saturated heterocycles. The number of rotatable bonds is 8. The van der Waals surface area contributed by atoms with Crippen LogP contribution in [0, 0.1) is 6.92 Å². The van der Waals surface area contributed by atoms with Crippen LogP contribution in [-0.4, -0.2) is 18.7 Å². The van der Waals surface area contributed by atoms with Crippen molar-refractivity contribution in [3.05, 3.63) is 64.4 Å². The molecule has 1 heterocycles. The summed E-state index contributed by atoms with van der Waals surface area (Å²) in [5, 5.41) is 3.39. The summed E-state index contributed by atoms with van der Waals surface area (Å²) >= 11 is 3.54. The van der Waals surface area contributed by atoms with E-state index in [1.165, 1.54) is 0 Å². The fourth-order valence-electron chi connectivity index (χ4n) is 2.19. The molecular weight excluding hydrogens is 356 g/mol. The average molecular weight is 377 g/mol. The predicted octanol–water partition coefficient (Wildman–Crippen LogP) is 4.02. The van der Waals surface area contributed by atoms with Crippen molar-refractivity contribution in [2.45, 2.75) is 20.0 Å². The van der Waals surface area contributed by atoms with Crippen molar-refractivity contribution in [2.24, 2.45) is 0 Å². The Labute approximate surface area is 145 Å². The minimum atomic E-state index is 0.436. The van der Waals surface area contributed by atoms with Gasteiger partial charge in [-0.3, -0.25) is 4.98 Å². The van der Waals surface area contributed by atoms with Crippen molar-refractivity contribution in [3.63, 3.8) is 0 Å². The molecule has 0 fully saturated rings. The molecule has 0 aliphatic heterocycles. The number of aromatic nitrogens is 1. The van der Waals surface area contributed by atoms with Gasteiger partial charge < -0.3 is 14.8 Å². The third kappa shape index (κ3) is 5.08. The van der Waals surface area contributed by atoms with Gasteiger partial charge in [-0.2, -0.15) is 0 Å². The van der Waals surface area contributed by atoms with Gasteiger partial charge >= 0.3 is 0 Å². The van der Waals surface area contributed by atoms with Crippen molar-refractivity contribution in [1.82, 2.24) is 10.3 Å². The van der Waals surface area contributed by atoms with Gasteiger partial charge in [-0.05, 0) is 52.7 Å². The zero-order valence-corrected chi connectivity index (χ0v) is 15.0. The molecule has 0 spiro atoms. The Balaban J connectivity index is 2.02. The molecule has 0 saturated carbocycles. The van der Waals surface area contributed by atoms with E-state index in [1.807, 2.05) is 37.3 Å². The van der Waals surface area contributed by atoms with E-state index in [0.717, 1.165) is 28.0 Å². The minimum Gasteiger partial charge on any atom is -0.493 e. The summed E-state index contributed by atoms with van der Waals surface area (Å²) in [5.74, 6) is 1.39. The molecule has 5 heteroatoms. The fraction of sp³-hybridized carbons (Fsp3) is 0.278. The van der Waals surface area contributed by atoms with Crippen LogP contribution in [0.3, 0.4) is 0 Å². The molecule has 0 atom stereocenters. The summed E-state index contributed by atoms with van der Waals surface area (Å²) in [6, 6.07) is 10.0. The fourth-order valence-corrected chi connectivity index (χ4v) is 2.79. The van der Waals surface area contributed by atoms with Crippen molar-refractivity contribution in [1.29, 1.82) is 0 Å². The summed E-state index contributed by atoms with van der Waals surface area (Å²) < 4.78 is 11.9. The predicted molar refractivity (Wildman–Crippen MR) is 95.9 cm³/mol. The first-order valence-electron chi connectivity index (χ1n) is 7.37. The Morgan fingerprint density at radius 3 is 2.83 bits per heavy atom. The number of halogens is 1. The second-order valence-electron chi connectivity index (χ2n) is 5.08. The number of methoxy groups -OCH3 is 1. The maximum atomic E-state index is 5.63. The minimum absolute atomic E-state index is 0.436. The number of nitrogens with one attached hydrogen (secondary N) is 1. The summed E-state index contributed by atoms with van der Waals surface area (Å²) in [5.41, 5.74) is 3.16. The number of benzene rings is 1. The smallest absolute Gasteiger partial charge is 0.175 e. The van der Waals surface area contributed by atoms with Gasteiger partial charge in [0.2, 0.25) is 0 Å². The first-order valence-corrected chi connectivity index (χ1v) is 8.16. The summed E-state index contributed by atoms with van der Waals surface area (Å²) in [7, 11) is 1.64. The third-order valence-corrected chi connectivity index (χ3v) is 3.81. The van der Waals surface area contributed by atoms with Gasteiger partial charge in [0.15, 0.2) is 11.5 Å². The molecule has 0 radical (unpaired) electrons. The Morgan fingerprint density at radius 2 is 2.13 bits per heavy atom. The second kappa shape index (κ2) is 8.70. The van der Waals surface area contributed by atoms with Crippen LogP contribution in [0.4, 0.5) is 0 Å². The number of ether oxygens (including phenoxy) is 2. The van der Waals surface area contributed by atoms with E-state index in [9.17, 15) is 0 Å². The van der Waals surface area contributed by atoms with Crippen molar-refractivity contribution >= 4 is 15.9 Å². The van der Waals surface area contributed by atoms with E-state index < -0.39 is 0 Å². The topological polar surface area (TPSA) is 43.4 Å². The van der Waals surface area contributed by atoms with Gasteiger partial charge in [0.1, 0.15) is 6.61 Å². The molecule has 4 nitrogen and oxygen atoms in total. The van der Waals surface area contributed by atoms with Crippen LogP contribution in [0.15, 0.2) is 47.5 Å². The molecule has 2 rings (SSSR count). The van der Waals surface area contributed by atoms with Gasteiger partial charge in [0.05, 0.1) is 17.3 Å². The average Bonchev–Trinajstić information content (AvgIpc) is 2.53. The molecule has 0 aliphatic rings. The summed E-state index contributed by atoms with van der Waals surface area (Å²) in [4.78, 5) is 4.48. The van der Waals surface area contributed by atoms with Gasteiger partial charge in [-0.1, -0.05) is 18.7 Å². The van der Waals surface area contributed by atoms with Crippen LogP contribution >= 0.6 is 15.9 Å². The molecule has 23 heavy (non-hydrogen) atoms. The number of pyridine rings is 1. The molecule has 1 N–H and O–H groups in total. The largest absolute Gasteiger partial charge is 0.493 e. The van der Waals surface area contributed by atoms with Gasteiger partial charge in [-0.25, -0.2) is 0 Å². The SMILES string of the molecule is C=CCOc1c(Br)cc(CNCc2cccc(C)n2)cc1OC. The zero-order chi connectivity index (χ0) is 16.7. The number of hydrogen-bond acceptors (Lipinski definition) is 4. The van der Waals surface area contributed by atoms with Crippen LogP contribution in [-0.2, 0) is 13.1 Å². The Morgan fingerprint density at radius 1 is 1.30 bits per heavy atom. The van der Waals surface area contributed by atoms with Gasteiger partial charge in [0.25, 0.3) is 0 Å². The van der Waals surface area contributed by atoms with Gasteiger partial charge in [-0.15, -0.1) is 0 Å². The highest BCUT2D eigenvalue weighted by atomic mass is 79.9. The van der Waals surface area contributed by atoms with Crippen LogP contribution in [0.1, 0.15) is 17.0 Å². The van der Waals surface area contributed by atoms with E-state index in [0.29, 0.717) is 24.7 Å². The first-order chi connectivity index (χ1) is 11.1. The van der Waals surface area contributed by atoms with E-state index in [-0.39, 0.29) is 0 Å². The van der Waals surface area contributed by atoms with Crippen molar-refractivity contribution in [3.8, 4) is 11.5 Å². The van der Waals surface area contributed by atoms with E-state index in [2.05, 4.69) is 32.8 Å². The zero-order valence-electron chi connectivity index (χ0n) is 13.4. The lowest BCUT2D eigenvalue weighted by molar-refractivity contribution is 0.324. The Bertz CT molecular complexity index is 674. The van der Waals surface area contributed by atoms with Gasteiger partial charge in [0, 0.05) is 18.8 Å². The summed E-state index contributed by atoms with van der Waals surface area (Å²) in [6.45, 7) is 7.52. The first kappa shape index (κ1) is 17.5. The monoisotopic (exact) mass is 376 g/mol. The molecule has 0 unspecified atom stereocenters.